The Kier molecular flexibility index (Phi) is 6.18. The number of hydrogen-bond donors (Lipinski definition) is 2. The van der Waals surface area contributed by atoms with Crippen molar-refractivity contribution >= 4 is 29.4 Å². The highest BCUT2D eigenvalue weighted by Gasteiger charge is 2.16. The normalized spacial score (nSPS) is 11.6. The van der Waals surface area contributed by atoms with Crippen molar-refractivity contribution in [2.45, 2.75) is 24.3 Å². The molecule has 1 atom stereocenters. The Balaban J connectivity index is 2.07. The Morgan fingerprint density at radius 3 is 2.84 bits per heavy atom. The lowest BCUT2D eigenvalue weighted by atomic mass is 10.2. The average Bonchev–Trinajstić information content (AvgIpc) is 2.54. The van der Waals surface area contributed by atoms with Crippen LogP contribution in [-0.2, 0) is 6.42 Å². The molecule has 0 fully saturated rings. The zero-order valence-corrected chi connectivity index (χ0v) is 14.4. The van der Waals surface area contributed by atoms with Gasteiger partial charge in [-0.3, -0.25) is 15.4 Å². The van der Waals surface area contributed by atoms with Gasteiger partial charge in [-0.15, -0.1) is 11.8 Å². The zero-order chi connectivity index (χ0) is 18.4. The molecule has 0 spiro atoms. The molecule has 0 aliphatic heterocycles. The van der Waals surface area contributed by atoms with Crippen LogP contribution in [0.25, 0.3) is 0 Å². The number of pyridine rings is 1. The molecule has 1 heterocycles. The summed E-state index contributed by atoms with van der Waals surface area (Å²) in [7, 11) is 0. The number of carbonyl (C=O) groups is 1. The second kappa shape index (κ2) is 8.34. The number of nitrogens with zero attached hydrogens (tertiary/aromatic N) is 2. The van der Waals surface area contributed by atoms with Crippen LogP contribution in [0.1, 0.15) is 12.6 Å². The van der Waals surface area contributed by atoms with E-state index < -0.39 is 11.0 Å². The van der Waals surface area contributed by atoms with Gasteiger partial charge in [0.25, 0.3) is 5.69 Å². The predicted molar refractivity (Wildman–Crippen MR) is 94.6 cm³/mol. The van der Waals surface area contributed by atoms with Gasteiger partial charge in [0.1, 0.15) is 17.7 Å². The summed E-state index contributed by atoms with van der Waals surface area (Å²) in [5.41, 5.74) is 0.650. The first-order valence-corrected chi connectivity index (χ1v) is 8.56. The quantitative estimate of drug-likeness (QED) is 0.436. The van der Waals surface area contributed by atoms with Gasteiger partial charge < -0.3 is 9.84 Å². The van der Waals surface area contributed by atoms with Gasteiger partial charge in [-0.05, 0) is 37.4 Å². The number of rotatable bonds is 7. The molecule has 8 nitrogen and oxygen atoms in total. The van der Waals surface area contributed by atoms with Crippen LogP contribution in [0, 0.1) is 10.1 Å². The number of carboxylic acid groups (broad SMARTS) is 1. The fourth-order valence-corrected chi connectivity index (χ4v) is 2.77. The second-order valence-corrected chi connectivity index (χ2v) is 6.02. The number of benzene rings is 1. The number of anilines is 1. The highest BCUT2D eigenvalue weighted by atomic mass is 32.2. The van der Waals surface area contributed by atoms with Crippen LogP contribution in [0.4, 0.5) is 16.3 Å². The topological polar surface area (TPSA) is 115 Å². The standard InChI is InChI=1S/C16H17N3O5S/c1-10(8-11-4-3-5-15(17-11)18-16(20)21)24-12-6-7-14(25-2)13(9-12)19(22)23/h3-7,9-10H,8H2,1-2H3,(H,17,18)(H,20,21). The SMILES string of the molecule is CSc1ccc(OC(C)Cc2cccc(NC(=O)O)n2)cc1[N+](=O)[O-]. The number of nitrogens with one attached hydrogen (secondary N) is 1. The van der Waals surface area contributed by atoms with Gasteiger partial charge in [-0.2, -0.15) is 0 Å². The second-order valence-electron chi connectivity index (χ2n) is 5.17. The predicted octanol–water partition coefficient (Wildman–Crippen LogP) is 3.81. The Labute approximate surface area is 148 Å². The fraction of sp³-hybridized carbons (Fsp3) is 0.250. The van der Waals surface area contributed by atoms with Crippen molar-refractivity contribution in [3.05, 3.63) is 52.2 Å². The Bertz CT molecular complexity index is 784. The lowest BCUT2D eigenvalue weighted by Crippen LogP contribution is -2.17. The number of thioether (sulfide) groups is 1. The van der Waals surface area contributed by atoms with E-state index in [1.807, 2.05) is 6.92 Å². The molecule has 0 aliphatic rings. The van der Waals surface area contributed by atoms with Gasteiger partial charge in [-0.1, -0.05) is 6.07 Å². The molecule has 0 saturated heterocycles. The lowest BCUT2D eigenvalue weighted by molar-refractivity contribution is -0.387. The average molecular weight is 363 g/mol. The number of hydrogen-bond acceptors (Lipinski definition) is 6. The third-order valence-corrected chi connectivity index (χ3v) is 4.01. The van der Waals surface area contributed by atoms with Crippen molar-refractivity contribution in [1.82, 2.24) is 4.98 Å². The summed E-state index contributed by atoms with van der Waals surface area (Å²) in [4.78, 5) is 26.1. The van der Waals surface area contributed by atoms with E-state index in [-0.39, 0.29) is 17.6 Å². The van der Waals surface area contributed by atoms with Crippen molar-refractivity contribution in [3.63, 3.8) is 0 Å². The van der Waals surface area contributed by atoms with Crippen LogP contribution < -0.4 is 10.1 Å². The van der Waals surface area contributed by atoms with Gasteiger partial charge in [0.05, 0.1) is 15.9 Å². The summed E-state index contributed by atoms with van der Waals surface area (Å²) in [5.74, 6) is 0.633. The Morgan fingerprint density at radius 2 is 2.20 bits per heavy atom. The first kappa shape index (κ1) is 18.5. The molecule has 1 unspecified atom stereocenters. The fourth-order valence-electron chi connectivity index (χ4n) is 2.23. The Hall–Kier alpha value is -2.81. The summed E-state index contributed by atoms with van der Waals surface area (Å²) in [6, 6.07) is 9.74. The van der Waals surface area contributed by atoms with Crippen molar-refractivity contribution in [1.29, 1.82) is 0 Å². The molecule has 0 saturated carbocycles. The van der Waals surface area contributed by atoms with Gasteiger partial charge >= 0.3 is 6.09 Å². The van der Waals surface area contributed by atoms with Gasteiger partial charge in [0.2, 0.25) is 0 Å². The molecule has 0 aliphatic carbocycles. The van der Waals surface area contributed by atoms with E-state index in [9.17, 15) is 14.9 Å². The van der Waals surface area contributed by atoms with Crippen LogP contribution >= 0.6 is 11.8 Å². The molecular weight excluding hydrogens is 346 g/mol. The summed E-state index contributed by atoms with van der Waals surface area (Å²) in [5, 5.41) is 22.0. The molecule has 1 aromatic heterocycles. The number of amides is 1. The third kappa shape index (κ3) is 5.35. The smallest absolute Gasteiger partial charge is 0.410 e. The van der Waals surface area contributed by atoms with Crippen molar-refractivity contribution in [2.24, 2.45) is 0 Å². The monoisotopic (exact) mass is 363 g/mol. The van der Waals surface area contributed by atoms with E-state index >= 15 is 0 Å². The van der Waals surface area contributed by atoms with Gasteiger partial charge in [0, 0.05) is 12.1 Å². The Morgan fingerprint density at radius 1 is 1.44 bits per heavy atom. The van der Waals surface area contributed by atoms with Crippen LogP contribution in [-0.4, -0.2) is 33.5 Å². The molecule has 132 valence electrons. The highest BCUT2D eigenvalue weighted by molar-refractivity contribution is 7.98. The maximum absolute atomic E-state index is 11.1. The summed E-state index contributed by atoms with van der Waals surface area (Å²) >= 11 is 1.30. The molecule has 0 radical (unpaired) electrons. The largest absolute Gasteiger partial charge is 0.490 e. The van der Waals surface area contributed by atoms with Crippen LogP contribution in [0.3, 0.4) is 0 Å². The zero-order valence-electron chi connectivity index (χ0n) is 13.6. The van der Waals surface area contributed by atoms with E-state index in [0.29, 0.717) is 22.8 Å². The first-order chi connectivity index (χ1) is 11.9. The van der Waals surface area contributed by atoms with E-state index in [4.69, 9.17) is 9.84 Å². The third-order valence-electron chi connectivity index (χ3n) is 3.22. The van der Waals surface area contributed by atoms with Gasteiger partial charge in [0.15, 0.2) is 0 Å². The van der Waals surface area contributed by atoms with E-state index in [1.165, 1.54) is 17.8 Å². The number of nitro benzene ring substituents is 1. The van der Waals surface area contributed by atoms with Crippen LogP contribution in [0.15, 0.2) is 41.3 Å². The number of aromatic nitrogens is 1. The summed E-state index contributed by atoms with van der Waals surface area (Å²) in [6.07, 6.45) is 0.713. The van der Waals surface area contributed by atoms with Crippen LogP contribution in [0.2, 0.25) is 0 Å². The molecule has 9 heteroatoms. The number of nitro groups is 1. The minimum Gasteiger partial charge on any atom is -0.490 e. The van der Waals surface area contributed by atoms with Gasteiger partial charge in [-0.25, -0.2) is 9.78 Å². The van der Waals surface area contributed by atoms with E-state index in [0.717, 1.165) is 0 Å². The summed E-state index contributed by atoms with van der Waals surface area (Å²) < 4.78 is 5.74. The molecule has 1 aromatic carbocycles. The summed E-state index contributed by atoms with van der Waals surface area (Å²) in [6.45, 7) is 1.81. The minimum absolute atomic E-state index is 0.00276. The van der Waals surface area contributed by atoms with Crippen molar-refractivity contribution < 1.29 is 19.6 Å². The number of ether oxygens (including phenoxy) is 1. The lowest BCUT2D eigenvalue weighted by Gasteiger charge is -2.15. The minimum atomic E-state index is -1.19. The van der Waals surface area contributed by atoms with E-state index in [2.05, 4.69) is 10.3 Å². The molecule has 0 bridgehead atoms. The molecule has 25 heavy (non-hydrogen) atoms. The molecule has 2 rings (SSSR count). The molecule has 2 N–H and O–H groups in total. The maximum atomic E-state index is 11.1. The molecule has 2 aromatic rings. The maximum Gasteiger partial charge on any atom is 0.410 e. The van der Waals surface area contributed by atoms with E-state index in [1.54, 1.807) is 36.6 Å². The highest BCUT2D eigenvalue weighted by Crippen LogP contribution is 2.31. The molecule has 1 amide bonds. The van der Waals surface area contributed by atoms with Crippen molar-refractivity contribution in [3.8, 4) is 5.75 Å². The van der Waals surface area contributed by atoms with Crippen LogP contribution in [0.5, 0.6) is 5.75 Å². The first-order valence-electron chi connectivity index (χ1n) is 7.34. The molecular formula is C16H17N3O5S. The van der Waals surface area contributed by atoms with Crippen molar-refractivity contribution in [2.75, 3.05) is 11.6 Å².